The summed E-state index contributed by atoms with van der Waals surface area (Å²) >= 11 is 0. The van der Waals surface area contributed by atoms with E-state index < -0.39 is 95.7 Å². The molecule has 0 aromatic heterocycles. The van der Waals surface area contributed by atoms with Crippen LogP contribution in [-0.2, 0) is 57.6 Å². The molecule has 0 radical (unpaired) electrons. The molecule has 20 heteroatoms. The summed E-state index contributed by atoms with van der Waals surface area (Å²) < 4.78 is 0. The molecule has 3 rings (SSSR count). The quantitative estimate of drug-likeness (QED) is 0.0369. The molecule has 0 aliphatic heterocycles. The monoisotopic (exact) mass is 1060 g/mol. The third kappa shape index (κ3) is 24.3. The number of nitrogens with two attached hydrogens (primary N) is 4. The van der Waals surface area contributed by atoms with Crippen LogP contribution in [0.4, 0.5) is 0 Å². The summed E-state index contributed by atoms with van der Waals surface area (Å²) in [6.07, 6.45) is 3.40. The first-order chi connectivity index (χ1) is 36.3. The molecule has 0 aliphatic rings. The number of benzene rings is 3. The highest BCUT2D eigenvalue weighted by Crippen LogP contribution is 2.13. The summed E-state index contributed by atoms with van der Waals surface area (Å²) in [5, 5.41) is 29.4. The summed E-state index contributed by atoms with van der Waals surface area (Å²) in [6, 6.07) is 19.0. The Hall–Kier alpha value is -6.74. The van der Waals surface area contributed by atoms with Crippen molar-refractivity contribution in [2.75, 3.05) is 19.6 Å². The molecule has 0 saturated carbocycles. The molecule has 0 saturated heterocycles. The molecule has 3 aromatic carbocycles. The number of nitrogens with one attached hydrogen (secondary N) is 7. The van der Waals surface area contributed by atoms with Crippen LogP contribution in [0.15, 0.2) is 91.0 Å². The number of carboxylic acid groups (broad SMARTS) is 1. The number of hydrogen-bond donors (Lipinski definition) is 12. The maximum Gasteiger partial charge on any atom is 0.326 e. The third-order valence-electron chi connectivity index (χ3n) is 12.6. The number of carbonyl (C=O) groups excluding carboxylic acids is 7. The minimum Gasteiger partial charge on any atom is -0.480 e. The van der Waals surface area contributed by atoms with Gasteiger partial charge in [-0.15, -0.1) is 0 Å². The molecule has 0 aliphatic carbocycles. The Morgan fingerprint density at radius 2 is 0.750 bits per heavy atom. The third-order valence-corrected chi connectivity index (χ3v) is 12.6. The van der Waals surface area contributed by atoms with Crippen molar-refractivity contribution < 1.29 is 43.5 Å². The van der Waals surface area contributed by atoms with Crippen LogP contribution in [0.5, 0.6) is 0 Å². The van der Waals surface area contributed by atoms with Gasteiger partial charge in [0.25, 0.3) is 0 Å². The second-order valence-corrected chi connectivity index (χ2v) is 20.2. The summed E-state index contributed by atoms with van der Waals surface area (Å²) in [7, 11) is 0. The highest BCUT2D eigenvalue weighted by molar-refractivity contribution is 5.96. The molecule has 8 atom stereocenters. The Balaban J connectivity index is 1.64. The van der Waals surface area contributed by atoms with Crippen LogP contribution in [0.25, 0.3) is 0 Å². The van der Waals surface area contributed by atoms with Crippen molar-refractivity contribution in [3.8, 4) is 0 Å². The number of carboxylic acids is 1. The first-order valence-corrected chi connectivity index (χ1v) is 26.7. The average molecular weight is 1060 g/mol. The van der Waals surface area contributed by atoms with Crippen molar-refractivity contribution in [2.24, 2.45) is 34.8 Å². The van der Waals surface area contributed by atoms with E-state index in [4.69, 9.17) is 22.9 Å². The van der Waals surface area contributed by atoms with Gasteiger partial charge in [-0.3, -0.25) is 33.6 Å². The molecular weight excluding hydrogens is 971 g/mol. The van der Waals surface area contributed by atoms with Gasteiger partial charge in [0.05, 0.1) is 12.1 Å². The zero-order valence-electron chi connectivity index (χ0n) is 44.8. The van der Waals surface area contributed by atoms with E-state index in [1.54, 1.807) is 0 Å². The molecular formula is C56H85N11O9. The SMILES string of the molecule is CC(C)C[C@@H](NC(=O)[C@H](N)Cc1ccccc1)C(=O)N[C@H](CCCN)C(=O)N[C@H](CCCCNC(=O)[C@@H](CCCCN)NC(=O)[C@@H](CC(C)C)NC(=O)[C@@H](Cc1ccccc1)NC(=O)[C@H](N)Cc1ccccc1)C(=O)O. The first kappa shape index (κ1) is 63.6. The lowest BCUT2D eigenvalue weighted by molar-refractivity contribution is -0.142. The number of amides is 7. The lowest BCUT2D eigenvalue weighted by Gasteiger charge is -2.27. The maximum atomic E-state index is 14.1. The predicted octanol–water partition coefficient (Wildman–Crippen LogP) is 1.61. The fourth-order valence-corrected chi connectivity index (χ4v) is 8.45. The van der Waals surface area contributed by atoms with Crippen LogP contribution in [0.3, 0.4) is 0 Å². The molecule has 0 bridgehead atoms. The predicted molar refractivity (Wildman–Crippen MR) is 293 cm³/mol. The van der Waals surface area contributed by atoms with Gasteiger partial charge in [-0.25, -0.2) is 4.79 Å². The minimum absolute atomic E-state index is 0.0161. The van der Waals surface area contributed by atoms with E-state index in [0.717, 1.165) is 16.7 Å². The van der Waals surface area contributed by atoms with E-state index in [2.05, 4.69) is 37.2 Å². The fraction of sp³-hybridized carbons (Fsp3) is 0.536. The van der Waals surface area contributed by atoms with Crippen molar-refractivity contribution in [1.82, 2.24) is 37.2 Å². The molecule has 0 fully saturated rings. The lowest BCUT2D eigenvalue weighted by Crippen LogP contribution is -2.58. The van der Waals surface area contributed by atoms with Gasteiger partial charge in [-0.1, -0.05) is 119 Å². The van der Waals surface area contributed by atoms with E-state index in [1.807, 2.05) is 119 Å². The van der Waals surface area contributed by atoms with Gasteiger partial charge in [0.2, 0.25) is 41.4 Å². The van der Waals surface area contributed by atoms with Crippen molar-refractivity contribution in [1.29, 1.82) is 0 Å². The van der Waals surface area contributed by atoms with Gasteiger partial charge in [0.1, 0.15) is 36.3 Å². The van der Waals surface area contributed by atoms with E-state index in [1.165, 1.54) is 0 Å². The maximum absolute atomic E-state index is 14.1. The van der Waals surface area contributed by atoms with Gasteiger partial charge < -0.3 is 65.3 Å². The molecule has 3 aromatic rings. The fourth-order valence-electron chi connectivity index (χ4n) is 8.45. The van der Waals surface area contributed by atoms with E-state index in [0.29, 0.717) is 32.2 Å². The van der Waals surface area contributed by atoms with Gasteiger partial charge >= 0.3 is 5.97 Å². The highest BCUT2D eigenvalue weighted by atomic mass is 16.4. The van der Waals surface area contributed by atoms with Gasteiger partial charge in [0, 0.05) is 13.0 Å². The van der Waals surface area contributed by atoms with Crippen LogP contribution >= 0.6 is 0 Å². The lowest BCUT2D eigenvalue weighted by atomic mass is 9.99. The number of unbranched alkanes of at least 4 members (excludes halogenated alkanes) is 2. The minimum atomic E-state index is -1.34. The largest absolute Gasteiger partial charge is 0.480 e. The Kier molecular flexibility index (Phi) is 29.1. The summed E-state index contributed by atoms with van der Waals surface area (Å²) in [5.41, 5.74) is 26.5. The molecule has 0 unspecified atom stereocenters. The molecule has 418 valence electrons. The molecule has 16 N–H and O–H groups in total. The average Bonchev–Trinajstić information content (AvgIpc) is 3.38. The van der Waals surface area contributed by atoms with Crippen LogP contribution in [0.2, 0.25) is 0 Å². The van der Waals surface area contributed by atoms with E-state index >= 15 is 0 Å². The van der Waals surface area contributed by atoms with Gasteiger partial charge in [-0.2, -0.15) is 0 Å². The standard InChI is InChI=1S/C56H85N11O9/c1-36(2)31-46(65-49(68)41(59)33-38-19-8-5-9-20-38)53(72)63-44(27-18-29-58)52(71)64-45(56(75)76)26-15-17-30-61-51(70)43(25-14-16-28-57)62-54(73)47(32-37(3)4)67-55(74)48(35-40-23-12-7-13-24-40)66-50(69)42(60)34-39-21-10-6-11-22-39/h5-13,19-24,36-37,41-48H,14-18,25-35,57-60H2,1-4H3,(H,61,70)(H,62,73)(H,63,72)(H,64,71)(H,65,68)(H,66,69)(H,67,74)(H,75,76)/t41-,42-,43-,44-,45-,46-,47-,48-/m1/s1. The number of rotatable bonds is 36. The first-order valence-electron chi connectivity index (χ1n) is 26.7. The van der Waals surface area contributed by atoms with Crippen molar-refractivity contribution in [2.45, 2.75) is 160 Å². The summed E-state index contributed by atoms with van der Waals surface area (Å²) in [4.78, 5) is 108. The Bertz CT molecular complexity index is 2260. The van der Waals surface area contributed by atoms with Crippen LogP contribution < -0.4 is 60.2 Å². The molecule has 76 heavy (non-hydrogen) atoms. The van der Waals surface area contributed by atoms with Crippen LogP contribution in [0.1, 0.15) is 109 Å². The zero-order valence-corrected chi connectivity index (χ0v) is 44.8. The normalized spacial score (nSPS) is 14.4. The smallest absolute Gasteiger partial charge is 0.326 e. The number of hydrogen-bond acceptors (Lipinski definition) is 12. The number of aliphatic carboxylic acids is 1. The van der Waals surface area contributed by atoms with E-state index in [-0.39, 0.29) is 82.7 Å². The second kappa shape index (κ2) is 34.8. The van der Waals surface area contributed by atoms with Crippen LogP contribution in [-0.4, -0.2) is 120 Å². The zero-order chi connectivity index (χ0) is 56.0. The van der Waals surface area contributed by atoms with Gasteiger partial charge in [-0.05, 0) is 119 Å². The molecule has 20 nitrogen and oxygen atoms in total. The van der Waals surface area contributed by atoms with Crippen molar-refractivity contribution in [3.05, 3.63) is 108 Å². The van der Waals surface area contributed by atoms with E-state index in [9.17, 15) is 43.5 Å². The Morgan fingerprint density at radius 3 is 1.20 bits per heavy atom. The van der Waals surface area contributed by atoms with Crippen LogP contribution in [0, 0.1) is 11.8 Å². The second-order valence-electron chi connectivity index (χ2n) is 20.2. The Morgan fingerprint density at radius 1 is 0.408 bits per heavy atom. The highest BCUT2D eigenvalue weighted by Gasteiger charge is 2.33. The van der Waals surface area contributed by atoms with Crippen molar-refractivity contribution in [3.63, 3.8) is 0 Å². The molecule has 0 spiro atoms. The molecule has 7 amide bonds. The topological polar surface area (TPSA) is 345 Å². The summed E-state index contributed by atoms with van der Waals surface area (Å²) in [5.74, 6) is -5.50. The number of carbonyl (C=O) groups is 8. The summed E-state index contributed by atoms with van der Waals surface area (Å²) in [6.45, 7) is 8.21. The van der Waals surface area contributed by atoms with Crippen molar-refractivity contribution >= 4 is 47.3 Å². The van der Waals surface area contributed by atoms with Gasteiger partial charge in [0.15, 0.2) is 0 Å². The molecule has 0 heterocycles. The Labute approximate surface area is 448 Å².